The van der Waals surface area contributed by atoms with Crippen LogP contribution in [0.15, 0.2) is 24.3 Å². The molecule has 1 rings (SSSR count). The lowest BCUT2D eigenvalue weighted by atomic mass is 10.2. The number of rotatable bonds is 5. The van der Waals surface area contributed by atoms with Crippen LogP contribution in [0.5, 0.6) is 0 Å². The van der Waals surface area contributed by atoms with Crippen LogP contribution in [0.3, 0.4) is 0 Å². The summed E-state index contributed by atoms with van der Waals surface area (Å²) in [6, 6.07) is 5.90. The van der Waals surface area contributed by atoms with E-state index in [9.17, 15) is 9.18 Å². The molecule has 0 fully saturated rings. The first-order valence-electron chi connectivity index (χ1n) is 6.39. The first-order valence-corrected chi connectivity index (χ1v) is 6.39. The number of hydrogen-bond acceptors (Lipinski definition) is 2. The van der Waals surface area contributed by atoms with Gasteiger partial charge in [0.25, 0.3) is 5.91 Å². The first kappa shape index (κ1) is 15.2. The Morgan fingerprint density at radius 3 is 2.58 bits per heavy atom. The fourth-order valence-electron chi connectivity index (χ4n) is 1.54. The van der Waals surface area contributed by atoms with Crippen molar-refractivity contribution in [3.05, 3.63) is 35.6 Å². The van der Waals surface area contributed by atoms with Crippen molar-refractivity contribution in [2.75, 3.05) is 26.2 Å². The maximum Gasteiger partial charge on any atom is 0.255 e. The number of carbonyl (C=O) groups is 1. The van der Waals surface area contributed by atoms with Crippen molar-refractivity contribution < 1.29 is 9.18 Å². The Kier molecular flexibility index (Phi) is 6.62. The van der Waals surface area contributed by atoms with Gasteiger partial charge < -0.3 is 5.32 Å². The van der Waals surface area contributed by atoms with Crippen LogP contribution in [0.25, 0.3) is 0 Å². The predicted octanol–water partition coefficient (Wildman–Crippen LogP) is 1.90. The Morgan fingerprint density at radius 1 is 1.26 bits per heavy atom. The van der Waals surface area contributed by atoms with Crippen LogP contribution in [-0.4, -0.2) is 37.0 Å². The van der Waals surface area contributed by atoms with Gasteiger partial charge in [0.05, 0.1) is 18.7 Å². The summed E-state index contributed by atoms with van der Waals surface area (Å²) >= 11 is 0. The van der Waals surface area contributed by atoms with Gasteiger partial charge in [-0.2, -0.15) is 0 Å². The van der Waals surface area contributed by atoms with E-state index in [0.29, 0.717) is 6.54 Å². The molecule has 3 nitrogen and oxygen atoms in total. The van der Waals surface area contributed by atoms with Gasteiger partial charge in [0.15, 0.2) is 0 Å². The molecule has 0 heterocycles. The van der Waals surface area contributed by atoms with Crippen molar-refractivity contribution in [3.63, 3.8) is 0 Å². The molecule has 0 unspecified atom stereocenters. The molecule has 4 heteroatoms. The van der Waals surface area contributed by atoms with Gasteiger partial charge in [-0.05, 0) is 25.2 Å². The minimum Gasteiger partial charge on any atom is -0.341 e. The zero-order chi connectivity index (χ0) is 14.1. The molecule has 0 aliphatic carbocycles. The van der Waals surface area contributed by atoms with Crippen LogP contribution < -0.4 is 5.32 Å². The summed E-state index contributed by atoms with van der Waals surface area (Å²) in [4.78, 5) is 13.8. The minimum absolute atomic E-state index is 0.0491. The topological polar surface area (TPSA) is 32.3 Å². The van der Waals surface area contributed by atoms with Crippen molar-refractivity contribution in [3.8, 4) is 11.8 Å². The van der Waals surface area contributed by atoms with Gasteiger partial charge in [-0.25, -0.2) is 4.39 Å². The van der Waals surface area contributed by atoms with E-state index in [0.717, 1.165) is 13.1 Å². The van der Waals surface area contributed by atoms with Gasteiger partial charge in [-0.3, -0.25) is 9.69 Å². The molecular formula is C15H19FN2O. The normalized spacial score (nSPS) is 9.89. The van der Waals surface area contributed by atoms with Crippen LogP contribution in [0.1, 0.15) is 24.2 Å². The Bertz CT molecular complexity index is 473. The van der Waals surface area contributed by atoms with Crippen molar-refractivity contribution in [2.45, 2.75) is 13.8 Å². The zero-order valence-corrected chi connectivity index (χ0v) is 11.4. The van der Waals surface area contributed by atoms with Crippen LogP contribution in [-0.2, 0) is 0 Å². The lowest BCUT2D eigenvalue weighted by molar-refractivity contribution is 0.0954. The fraction of sp³-hybridized carbons (Fsp3) is 0.400. The van der Waals surface area contributed by atoms with E-state index in [1.165, 1.54) is 12.1 Å². The lowest BCUT2D eigenvalue weighted by Crippen LogP contribution is -2.25. The minimum atomic E-state index is -0.517. The van der Waals surface area contributed by atoms with Gasteiger partial charge in [0.2, 0.25) is 0 Å². The average Bonchev–Trinajstić information content (AvgIpc) is 2.43. The van der Waals surface area contributed by atoms with Crippen molar-refractivity contribution in [1.82, 2.24) is 10.2 Å². The quantitative estimate of drug-likeness (QED) is 0.822. The second-order valence-corrected chi connectivity index (χ2v) is 3.98. The van der Waals surface area contributed by atoms with Crippen LogP contribution in [0.4, 0.5) is 4.39 Å². The molecule has 1 amide bonds. The van der Waals surface area contributed by atoms with Crippen LogP contribution >= 0.6 is 0 Å². The monoisotopic (exact) mass is 262 g/mol. The Hall–Kier alpha value is -1.86. The molecule has 0 aliphatic rings. The van der Waals surface area contributed by atoms with E-state index >= 15 is 0 Å². The molecule has 1 aromatic rings. The Balaban J connectivity index is 2.40. The molecule has 0 saturated heterocycles. The van der Waals surface area contributed by atoms with Gasteiger partial charge in [-0.15, -0.1) is 0 Å². The number of carbonyl (C=O) groups excluding carboxylic acids is 1. The third-order valence-electron chi connectivity index (χ3n) is 2.78. The standard InChI is InChI=1S/C15H19FN2O/c1-3-18(4-2)12-8-7-11-17-15(19)13-9-5-6-10-14(13)16/h5-6,9-10H,3-4,11-12H2,1-2H3,(H,17,19). The summed E-state index contributed by atoms with van der Waals surface area (Å²) in [7, 11) is 0. The number of amides is 1. The van der Waals surface area contributed by atoms with E-state index < -0.39 is 11.7 Å². The molecular weight excluding hydrogens is 243 g/mol. The van der Waals surface area contributed by atoms with Gasteiger partial charge in [-0.1, -0.05) is 37.8 Å². The molecule has 1 N–H and O–H groups in total. The first-order chi connectivity index (χ1) is 9.19. The maximum absolute atomic E-state index is 13.3. The number of halogens is 1. The molecule has 0 radical (unpaired) electrons. The largest absolute Gasteiger partial charge is 0.341 e. The molecule has 0 spiro atoms. The molecule has 0 atom stereocenters. The van der Waals surface area contributed by atoms with E-state index in [1.54, 1.807) is 12.1 Å². The lowest BCUT2D eigenvalue weighted by Gasteiger charge is -2.13. The van der Waals surface area contributed by atoms with E-state index in [4.69, 9.17) is 0 Å². The van der Waals surface area contributed by atoms with Gasteiger partial charge in [0.1, 0.15) is 5.82 Å². The molecule has 0 saturated carbocycles. The average molecular weight is 262 g/mol. The third kappa shape index (κ3) is 5.11. The molecule has 19 heavy (non-hydrogen) atoms. The zero-order valence-electron chi connectivity index (χ0n) is 11.4. The second kappa shape index (κ2) is 8.28. The molecule has 0 aliphatic heterocycles. The molecule has 0 bridgehead atoms. The van der Waals surface area contributed by atoms with Gasteiger partial charge in [0, 0.05) is 0 Å². The highest BCUT2D eigenvalue weighted by atomic mass is 19.1. The number of nitrogens with zero attached hydrogens (tertiary/aromatic N) is 1. The fourth-order valence-corrected chi connectivity index (χ4v) is 1.54. The summed E-state index contributed by atoms with van der Waals surface area (Å²) in [5.74, 6) is 4.88. The van der Waals surface area contributed by atoms with Gasteiger partial charge >= 0.3 is 0 Å². The number of nitrogens with one attached hydrogen (secondary N) is 1. The Morgan fingerprint density at radius 2 is 1.95 bits per heavy atom. The predicted molar refractivity (Wildman–Crippen MR) is 74.3 cm³/mol. The summed E-state index contributed by atoms with van der Waals surface area (Å²) < 4.78 is 13.3. The van der Waals surface area contributed by atoms with Crippen molar-refractivity contribution in [1.29, 1.82) is 0 Å². The van der Waals surface area contributed by atoms with Crippen LogP contribution in [0.2, 0.25) is 0 Å². The SMILES string of the molecule is CCN(CC)CC#CCNC(=O)c1ccccc1F. The van der Waals surface area contributed by atoms with Crippen LogP contribution in [0, 0.1) is 17.7 Å². The van der Waals surface area contributed by atoms with E-state index in [1.807, 2.05) is 0 Å². The van der Waals surface area contributed by atoms with Crippen molar-refractivity contribution in [2.24, 2.45) is 0 Å². The Labute approximate surface area is 113 Å². The highest BCUT2D eigenvalue weighted by Crippen LogP contribution is 2.05. The van der Waals surface area contributed by atoms with Crippen molar-refractivity contribution >= 4 is 5.91 Å². The van der Waals surface area contributed by atoms with E-state index in [-0.39, 0.29) is 12.1 Å². The third-order valence-corrected chi connectivity index (χ3v) is 2.78. The number of hydrogen-bond donors (Lipinski definition) is 1. The number of benzene rings is 1. The smallest absolute Gasteiger partial charge is 0.255 e. The highest BCUT2D eigenvalue weighted by Gasteiger charge is 2.08. The molecule has 1 aromatic carbocycles. The highest BCUT2D eigenvalue weighted by molar-refractivity contribution is 5.94. The second-order valence-electron chi connectivity index (χ2n) is 3.98. The summed E-state index contributed by atoms with van der Waals surface area (Å²) in [6.07, 6.45) is 0. The maximum atomic E-state index is 13.3. The van der Waals surface area contributed by atoms with E-state index in [2.05, 4.69) is 35.9 Å². The summed E-state index contributed by atoms with van der Waals surface area (Å²) in [5.41, 5.74) is 0.0491. The summed E-state index contributed by atoms with van der Waals surface area (Å²) in [5, 5.41) is 2.58. The summed E-state index contributed by atoms with van der Waals surface area (Å²) in [6.45, 7) is 6.97. The molecule has 102 valence electrons. The molecule has 0 aromatic heterocycles.